The van der Waals surface area contributed by atoms with Crippen molar-refractivity contribution in [3.05, 3.63) is 42.5 Å². The van der Waals surface area contributed by atoms with Gasteiger partial charge >= 0.3 is 0 Å². The Labute approximate surface area is 193 Å². The molecule has 3 aromatic rings. The summed E-state index contributed by atoms with van der Waals surface area (Å²) < 4.78 is 12.1. The zero-order chi connectivity index (χ0) is 22.0. The van der Waals surface area contributed by atoms with Crippen LogP contribution >= 0.6 is 0 Å². The van der Waals surface area contributed by atoms with Crippen molar-refractivity contribution in [2.75, 3.05) is 36.5 Å². The number of nitrogens with one attached hydrogen (secondary N) is 1. The summed E-state index contributed by atoms with van der Waals surface area (Å²) in [5.74, 6) is 2.24. The lowest BCUT2D eigenvalue weighted by Crippen LogP contribution is -2.36. The molecular weight excluding hydrogens is 416 g/mol. The van der Waals surface area contributed by atoms with Gasteiger partial charge in [-0.15, -0.1) is 0 Å². The third-order valence-corrected chi connectivity index (χ3v) is 6.87. The largest absolute Gasteiger partial charge is 0.488 e. The summed E-state index contributed by atoms with van der Waals surface area (Å²) in [6.45, 7) is 3.26. The molecule has 3 heterocycles. The number of nitrogens with zero attached hydrogens (tertiary/aromatic N) is 5. The van der Waals surface area contributed by atoms with Crippen LogP contribution in [0.3, 0.4) is 0 Å². The number of rotatable bonds is 6. The SMILES string of the molecule is c1cc(C2CC2)nc(N[C@H]2CC[C@@H](Oc3cc(N4CCOCC4)cc4nccnc34)CC2)n1. The van der Waals surface area contributed by atoms with Crippen molar-refractivity contribution in [3.8, 4) is 5.75 Å². The van der Waals surface area contributed by atoms with E-state index in [0.29, 0.717) is 12.0 Å². The Bertz CT molecular complexity index is 1110. The topological polar surface area (TPSA) is 85.3 Å². The van der Waals surface area contributed by atoms with E-state index in [2.05, 4.69) is 37.3 Å². The molecule has 1 saturated heterocycles. The number of hydrogen-bond donors (Lipinski definition) is 1. The van der Waals surface area contributed by atoms with Gasteiger partial charge < -0.3 is 19.7 Å². The molecule has 0 amide bonds. The summed E-state index contributed by atoms with van der Waals surface area (Å²) in [5.41, 5.74) is 4.02. The molecule has 0 bridgehead atoms. The van der Waals surface area contributed by atoms with Crippen LogP contribution in [0.2, 0.25) is 0 Å². The molecule has 6 rings (SSSR count). The Morgan fingerprint density at radius 2 is 1.73 bits per heavy atom. The van der Waals surface area contributed by atoms with E-state index in [-0.39, 0.29) is 6.10 Å². The normalized spacial score (nSPS) is 23.5. The molecule has 1 aliphatic heterocycles. The number of aromatic nitrogens is 4. The molecule has 1 N–H and O–H groups in total. The summed E-state index contributed by atoms with van der Waals surface area (Å²) in [6, 6.07) is 6.67. The molecule has 33 heavy (non-hydrogen) atoms. The van der Waals surface area contributed by atoms with Gasteiger partial charge in [-0.25, -0.2) is 15.0 Å². The molecule has 0 spiro atoms. The van der Waals surface area contributed by atoms with Crippen LogP contribution in [0.1, 0.15) is 50.1 Å². The summed E-state index contributed by atoms with van der Waals surface area (Å²) in [5, 5.41) is 3.55. The lowest BCUT2D eigenvalue weighted by atomic mass is 9.93. The third-order valence-electron chi connectivity index (χ3n) is 6.87. The molecule has 2 aliphatic carbocycles. The highest BCUT2D eigenvalue weighted by Gasteiger charge is 2.27. The fraction of sp³-hybridized carbons (Fsp3) is 0.520. The number of ether oxygens (including phenoxy) is 2. The number of hydrogen-bond acceptors (Lipinski definition) is 8. The predicted molar refractivity (Wildman–Crippen MR) is 127 cm³/mol. The molecule has 8 nitrogen and oxygen atoms in total. The maximum atomic E-state index is 6.54. The van der Waals surface area contributed by atoms with Gasteiger partial charge in [0, 0.05) is 61.1 Å². The Morgan fingerprint density at radius 1 is 0.909 bits per heavy atom. The Morgan fingerprint density at radius 3 is 2.55 bits per heavy atom. The highest BCUT2D eigenvalue weighted by Crippen LogP contribution is 2.39. The highest BCUT2D eigenvalue weighted by atomic mass is 16.5. The maximum Gasteiger partial charge on any atom is 0.223 e. The molecule has 2 aromatic heterocycles. The first kappa shape index (κ1) is 20.6. The van der Waals surface area contributed by atoms with Crippen molar-refractivity contribution in [1.29, 1.82) is 0 Å². The number of morpholine rings is 1. The van der Waals surface area contributed by atoms with E-state index < -0.39 is 0 Å². The van der Waals surface area contributed by atoms with Gasteiger partial charge in [0.05, 0.1) is 24.8 Å². The number of benzene rings is 1. The monoisotopic (exact) mass is 446 g/mol. The van der Waals surface area contributed by atoms with E-state index in [1.165, 1.54) is 18.5 Å². The van der Waals surface area contributed by atoms with Crippen molar-refractivity contribution in [2.24, 2.45) is 0 Å². The van der Waals surface area contributed by atoms with Gasteiger partial charge in [0.25, 0.3) is 0 Å². The van der Waals surface area contributed by atoms with Crippen LogP contribution in [0, 0.1) is 0 Å². The highest BCUT2D eigenvalue weighted by molar-refractivity contribution is 5.85. The number of fused-ring (bicyclic) bond motifs is 1. The molecule has 3 aliphatic rings. The molecule has 8 heteroatoms. The smallest absolute Gasteiger partial charge is 0.223 e. The van der Waals surface area contributed by atoms with Crippen molar-refractivity contribution in [2.45, 2.75) is 56.6 Å². The molecule has 0 atom stereocenters. The fourth-order valence-corrected chi connectivity index (χ4v) is 4.86. The molecule has 3 fully saturated rings. The molecule has 172 valence electrons. The average molecular weight is 447 g/mol. The number of anilines is 2. The summed E-state index contributed by atoms with van der Waals surface area (Å²) in [6.07, 6.45) is 12.1. The van der Waals surface area contributed by atoms with Crippen molar-refractivity contribution < 1.29 is 9.47 Å². The Hall–Kier alpha value is -3.00. The van der Waals surface area contributed by atoms with Gasteiger partial charge in [-0.3, -0.25) is 4.98 Å². The van der Waals surface area contributed by atoms with E-state index in [1.54, 1.807) is 12.4 Å². The molecule has 0 radical (unpaired) electrons. The minimum atomic E-state index is 0.173. The third kappa shape index (κ3) is 4.71. The van der Waals surface area contributed by atoms with E-state index in [9.17, 15) is 0 Å². The first-order valence-corrected chi connectivity index (χ1v) is 12.2. The minimum absolute atomic E-state index is 0.173. The van der Waals surface area contributed by atoms with Gasteiger partial charge in [-0.05, 0) is 50.7 Å². The van der Waals surface area contributed by atoms with Crippen LogP contribution < -0.4 is 15.0 Å². The molecular formula is C25H30N6O2. The maximum absolute atomic E-state index is 6.54. The Balaban J connectivity index is 1.12. The van der Waals surface area contributed by atoms with Gasteiger partial charge in [0.1, 0.15) is 11.3 Å². The van der Waals surface area contributed by atoms with Crippen molar-refractivity contribution in [3.63, 3.8) is 0 Å². The van der Waals surface area contributed by atoms with Crippen LogP contribution in [0.25, 0.3) is 11.0 Å². The van der Waals surface area contributed by atoms with E-state index in [4.69, 9.17) is 14.5 Å². The summed E-state index contributed by atoms with van der Waals surface area (Å²) in [7, 11) is 0. The zero-order valence-corrected chi connectivity index (χ0v) is 18.8. The van der Waals surface area contributed by atoms with Crippen LogP contribution in [-0.4, -0.2) is 58.4 Å². The quantitative estimate of drug-likeness (QED) is 0.610. The predicted octanol–water partition coefficient (Wildman–Crippen LogP) is 3.94. The van der Waals surface area contributed by atoms with Crippen molar-refractivity contribution in [1.82, 2.24) is 19.9 Å². The lowest BCUT2D eigenvalue weighted by Gasteiger charge is -2.31. The molecule has 0 unspecified atom stereocenters. The van der Waals surface area contributed by atoms with E-state index in [0.717, 1.165) is 80.4 Å². The van der Waals surface area contributed by atoms with Crippen LogP contribution in [0.15, 0.2) is 36.8 Å². The van der Waals surface area contributed by atoms with Gasteiger partial charge in [-0.2, -0.15) is 0 Å². The zero-order valence-electron chi connectivity index (χ0n) is 18.8. The van der Waals surface area contributed by atoms with Gasteiger partial charge in [0.15, 0.2) is 0 Å². The second-order valence-corrected chi connectivity index (χ2v) is 9.28. The minimum Gasteiger partial charge on any atom is -0.488 e. The first-order chi connectivity index (χ1) is 16.3. The standard InChI is InChI=1S/C25H30N6O2/c1-2-17(1)21-7-8-28-25(30-21)29-18-3-5-20(6-4-18)33-23-16-19(31-11-13-32-14-12-31)15-22-24(23)27-10-9-26-22/h7-10,15-18,20H,1-6,11-14H2,(H,28,29,30)/t18-,20+. The van der Waals surface area contributed by atoms with Gasteiger partial charge in [-0.1, -0.05) is 0 Å². The van der Waals surface area contributed by atoms with Crippen LogP contribution in [-0.2, 0) is 4.74 Å². The fourth-order valence-electron chi connectivity index (χ4n) is 4.86. The molecule has 2 saturated carbocycles. The second kappa shape index (κ2) is 9.09. The second-order valence-electron chi connectivity index (χ2n) is 9.28. The lowest BCUT2D eigenvalue weighted by molar-refractivity contribution is 0.122. The van der Waals surface area contributed by atoms with Crippen LogP contribution in [0.5, 0.6) is 5.75 Å². The van der Waals surface area contributed by atoms with E-state index >= 15 is 0 Å². The summed E-state index contributed by atoms with van der Waals surface area (Å²) in [4.78, 5) is 20.6. The molecule has 1 aromatic carbocycles. The summed E-state index contributed by atoms with van der Waals surface area (Å²) >= 11 is 0. The average Bonchev–Trinajstić information content (AvgIpc) is 3.72. The Kier molecular flexibility index (Phi) is 5.68. The van der Waals surface area contributed by atoms with Crippen molar-refractivity contribution >= 4 is 22.7 Å². The van der Waals surface area contributed by atoms with Crippen LogP contribution in [0.4, 0.5) is 11.6 Å². The first-order valence-electron chi connectivity index (χ1n) is 12.2. The van der Waals surface area contributed by atoms with E-state index in [1.807, 2.05) is 12.3 Å². The van der Waals surface area contributed by atoms with Gasteiger partial charge in [0.2, 0.25) is 5.95 Å².